The van der Waals surface area contributed by atoms with Gasteiger partial charge in [-0.25, -0.2) is 0 Å². The Morgan fingerprint density at radius 3 is 2.39 bits per heavy atom. The number of hydrogen-bond donors (Lipinski definition) is 1. The minimum absolute atomic E-state index is 0.0412. The molecule has 1 aromatic rings. The molecule has 1 aliphatic rings. The van der Waals surface area contributed by atoms with Gasteiger partial charge < -0.3 is 15.2 Å². The highest BCUT2D eigenvalue weighted by Gasteiger charge is 2.29. The van der Waals surface area contributed by atoms with Gasteiger partial charge in [-0.3, -0.25) is 4.79 Å². The molecule has 4 nitrogen and oxygen atoms in total. The average molecular weight is 249 g/mol. The Morgan fingerprint density at radius 1 is 1.28 bits per heavy atom. The SMILES string of the molecule is Cc1cc2c(cc1C(=O)C(C)(C)CN)OCCO2. The second-order valence-electron chi connectivity index (χ2n) is 5.23. The van der Waals surface area contributed by atoms with Gasteiger partial charge in [0.2, 0.25) is 0 Å². The quantitative estimate of drug-likeness (QED) is 0.831. The van der Waals surface area contributed by atoms with Crippen molar-refractivity contribution in [1.82, 2.24) is 0 Å². The van der Waals surface area contributed by atoms with Crippen molar-refractivity contribution < 1.29 is 14.3 Å². The first-order valence-corrected chi connectivity index (χ1v) is 6.11. The van der Waals surface area contributed by atoms with E-state index >= 15 is 0 Å². The predicted octanol–water partition coefficient (Wildman–Crippen LogP) is 1.93. The molecule has 2 N–H and O–H groups in total. The summed E-state index contributed by atoms with van der Waals surface area (Å²) in [6.07, 6.45) is 0. The molecule has 1 aliphatic heterocycles. The van der Waals surface area contributed by atoms with Crippen molar-refractivity contribution in [2.45, 2.75) is 20.8 Å². The summed E-state index contributed by atoms with van der Waals surface area (Å²) in [5.74, 6) is 1.39. The normalized spacial score (nSPS) is 14.4. The molecule has 4 heteroatoms. The van der Waals surface area contributed by atoms with Crippen molar-refractivity contribution in [2.75, 3.05) is 19.8 Å². The number of hydrogen-bond acceptors (Lipinski definition) is 4. The van der Waals surface area contributed by atoms with Gasteiger partial charge in [-0.05, 0) is 24.6 Å². The summed E-state index contributed by atoms with van der Waals surface area (Å²) in [5, 5.41) is 0. The fourth-order valence-electron chi connectivity index (χ4n) is 1.89. The summed E-state index contributed by atoms with van der Waals surface area (Å²) < 4.78 is 11.0. The molecule has 0 bridgehead atoms. The smallest absolute Gasteiger partial charge is 0.170 e. The van der Waals surface area contributed by atoms with E-state index in [4.69, 9.17) is 15.2 Å². The van der Waals surface area contributed by atoms with Crippen molar-refractivity contribution in [3.8, 4) is 11.5 Å². The number of ether oxygens (including phenoxy) is 2. The van der Waals surface area contributed by atoms with Gasteiger partial charge in [-0.2, -0.15) is 0 Å². The third-order valence-electron chi connectivity index (χ3n) is 3.26. The lowest BCUT2D eigenvalue weighted by molar-refractivity contribution is 0.0845. The molecule has 0 unspecified atom stereocenters. The van der Waals surface area contributed by atoms with Gasteiger partial charge in [-0.15, -0.1) is 0 Å². The summed E-state index contributed by atoms with van der Waals surface area (Å²) in [4.78, 5) is 12.4. The minimum atomic E-state index is -0.561. The van der Waals surface area contributed by atoms with Gasteiger partial charge in [0.1, 0.15) is 13.2 Å². The number of nitrogens with two attached hydrogens (primary N) is 1. The highest BCUT2D eigenvalue weighted by molar-refractivity contribution is 6.02. The zero-order valence-electron chi connectivity index (χ0n) is 11.1. The van der Waals surface area contributed by atoms with Crippen LogP contribution in [-0.2, 0) is 0 Å². The molecule has 0 saturated carbocycles. The highest BCUT2D eigenvalue weighted by atomic mass is 16.6. The summed E-state index contributed by atoms with van der Waals surface area (Å²) in [7, 11) is 0. The van der Waals surface area contributed by atoms with Crippen molar-refractivity contribution in [3.05, 3.63) is 23.3 Å². The van der Waals surface area contributed by atoms with Crippen LogP contribution in [-0.4, -0.2) is 25.5 Å². The van der Waals surface area contributed by atoms with Crippen LogP contribution in [0.5, 0.6) is 11.5 Å². The molecule has 98 valence electrons. The Hall–Kier alpha value is -1.55. The second-order valence-corrected chi connectivity index (χ2v) is 5.23. The third kappa shape index (κ3) is 2.20. The number of carbonyl (C=O) groups is 1. The predicted molar refractivity (Wildman–Crippen MR) is 69.3 cm³/mol. The molecule has 1 heterocycles. The van der Waals surface area contributed by atoms with E-state index in [2.05, 4.69) is 0 Å². The van der Waals surface area contributed by atoms with Gasteiger partial charge in [0.15, 0.2) is 17.3 Å². The molecule has 0 spiro atoms. The van der Waals surface area contributed by atoms with E-state index in [0.717, 1.165) is 5.56 Å². The van der Waals surface area contributed by atoms with Crippen LogP contribution in [0.2, 0.25) is 0 Å². The van der Waals surface area contributed by atoms with E-state index in [9.17, 15) is 4.79 Å². The number of carbonyl (C=O) groups excluding carboxylic acids is 1. The molecular formula is C14H19NO3. The van der Waals surface area contributed by atoms with Crippen LogP contribution in [0.25, 0.3) is 0 Å². The van der Waals surface area contributed by atoms with Crippen LogP contribution >= 0.6 is 0 Å². The van der Waals surface area contributed by atoms with E-state index in [0.29, 0.717) is 36.8 Å². The maximum Gasteiger partial charge on any atom is 0.170 e. The van der Waals surface area contributed by atoms with Gasteiger partial charge in [0.05, 0.1) is 0 Å². The van der Waals surface area contributed by atoms with Crippen molar-refractivity contribution >= 4 is 5.78 Å². The van der Waals surface area contributed by atoms with Crippen molar-refractivity contribution in [1.29, 1.82) is 0 Å². The van der Waals surface area contributed by atoms with E-state index in [1.807, 2.05) is 26.8 Å². The van der Waals surface area contributed by atoms with Crippen LogP contribution < -0.4 is 15.2 Å². The summed E-state index contributed by atoms with van der Waals surface area (Å²) in [6.45, 7) is 6.99. The summed E-state index contributed by atoms with van der Waals surface area (Å²) >= 11 is 0. The molecule has 0 amide bonds. The summed E-state index contributed by atoms with van der Waals surface area (Å²) in [6, 6.07) is 3.62. The maximum absolute atomic E-state index is 12.4. The van der Waals surface area contributed by atoms with Crippen LogP contribution in [0.15, 0.2) is 12.1 Å². The fourth-order valence-corrected chi connectivity index (χ4v) is 1.89. The Morgan fingerprint density at radius 2 is 1.83 bits per heavy atom. The van der Waals surface area contributed by atoms with E-state index in [1.165, 1.54) is 0 Å². The first-order valence-electron chi connectivity index (χ1n) is 6.11. The molecular weight excluding hydrogens is 230 g/mol. The number of Topliss-reactive ketones (excluding diaryl/α,β-unsaturated/α-hetero) is 1. The molecule has 0 fully saturated rings. The summed E-state index contributed by atoms with van der Waals surface area (Å²) in [5.41, 5.74) is 6.65. The first-order chi connectivity index (χ1) is 8.45. The van der Waals surface area contributed by atoms with Gasteiger partial charge in [-0.1, -0.05) is 13.8 Å². The molecule has 18 heavy (non-hydrogen) atoms. The zero-order valence-corrected chi connectivity index (χ0v) is 11.1. The molecule has 0 radical (unpaired) electrons. The third-order valence-corrected chi connectivity index (χ3v) is 3.26. The minimum Gasteiger partial charge on any atom is -0.486 e. The molecule has 1 aromatic carbocycles. The molecule has 0 aliphatic carbocycles. The van der Waals surface area contributed by atoms with E-state index in [1.54, 1.807) is 6.07 Å². The lowest BCUT2D eigenvalue weighted by atomic mass is 9.83. The van der Waals surface area contributed by atoms with Gasteiger partial charge in [0, 0.05) is 17.5 Å². The second kappa shape index (κ2) is 4.61. The number of rotatable bonds is 3. The first kappa shape index (κ1) is 12.9. The Labute approximate surface area is 107 Å². The maximum atomic E-state index is 12.4. The number of benzene rings is 1. The van der Waals surface area contributed by atoms with Gasteiger partial charge in [0.25, 0.3) is 0 Å². The van der Waals surface area contributed by atoms with E-state index in [-0.39, 0.29) is 5.78 Å². The van der Waals surface area contributed by atoms with Crippen molar-refractivity contribution in [2.24, 2.45) is 11.1 Å². The molecule has 0 atom stereocenters. The Balaban J connectivity index is 2.43. The average Bonchev–Trinajstić information content (AvgIpc) is 2.37. The molecule has 2 rings (SSSR count). The fraction of sp³-hybridized carbons (Fsp3) is 0.500. The molecule has 0 saturated heterocycles. The van der Waals surface area contributed by atoms with Crippen LogP contribution in [0.1, 0.15) is 29.8 Å². The molecule has 0 aromatic heterocycles. The highest BCUT2D eigenvalue weighted by Crippen LogP contribution is 2.35. The topological polar surface area (TPSA) is 61.6 Å². The number of fused-ring (bicyclic) bond motifs is 1. The monoisotopic (exact) mass is 249 g/mol. The van der Waals surface area contributed by atoms with Crippen LogP contribution in [0.3, 0.4) is 0 Å². The zero-order chi connectivity index (χ0) is 13.3. The van der Waals surface area contributed by atoms with Crippen molar-refractivity contribution in [3.63, 3.8) is 0 Å². The number of aryl methyl sites for hydroxylation is 1. The standard InChI is InChI=1S/C14H19NO3/c1-9-6-11-12(18-5-4-17-11)7-10(9)13(16)14(2,3)8-15/h6-7H,4-5,8,15H2,1-3H3. The van der Waals surface area contributed by atoms with Crippen LogP contribution in [0.4, 0.5) is 0 Å². The Bertz CT molecular complexity index is 480. The lowest BCUT2D eigenvalue weighted by Crippen LogP contribution is -2.33. The largest absolute Gasteiger partial charge is 0.486 e. The van der Waals surface area contributed by atoms with E-state index < -0.39 is 5.41 Å². The Kier molecular flexibility index (Phi) is 3.30. The lowest BCUT2D eigenvalue weighted by Gasteiger charge is -2.24. The van der Waals surface area contributed by atoms with Gasteiger partial charge >= 0.3 is 0 Å². The van der Waals surface area contributed by atoms with Crippen LogP contribution in [0, 0.1) is 12.3 Å². The number of ketones is 1.